The highest BCUT2D eigenvalue weighted by molar-refractivity contribution is 14.1. The van der Waals surface area contributed by atoms with Crippen LogP contribution in [0.5, 0.6) is 0 Å². The molecule has 2 rings (SSSR count). The molecule has 2 aliphatic carbocycles. The zero-order chi connectivity index (χ0) is 5.98. The zero-order valence-electron chi connectivity index (χ0n) is 4.07. The largest absolute Gasteiger partial charge is 0.0610 e. The van der Waals surface area contributed by atoms with Gasteiger partial charge in [0.25, 0.3) is 0 Å². The lowest BCUT2D eigenvalue weighted by Crippen LogP contribution is -1.23. The molecule has 0 spiro atoms. The molecule has 0 N–H and O–H groups in total. The number of hydrogen-bond donors (Lipinski definition) is 0. The van der Waals surface area contributed by atoms with Crippen LogP contribution in [0.4, 0.5) is 0 Å². The molecule has 0 aromatic heterocycles. The Morgan fingerprint density at radius 2 is 1.62 bits per heavy atom. The van der Waals surface area contributed by atoms with Crippen LogP contribution < -0.4 is 0 Å². The van der Waals surface area contributed by atoms with Crippen molar-refractivity contribution in [1.82, 2.24) is 0 Å². The average molecular weight is 238 g/mol. The second-order valence-electron chi connectivity index (χ2n) is 1.58. The minimum absolute atomic E-state index is 1.43. The number of benzene rings is 1. The van der Waals surface area contributed by atoms with Crippen LogP contribution in [0.2, 0.25) is 0 Å². The molecule has 42 valence electrons. The van der Waals surface area contributed by atoms with E-state index in [4.69, 9.17) is 0 Å². The van der Waals surface area contributed by atoms with Crippen LogP contribution in [0, 0.1) is 0 Å². The highest BCUT2D eigenvalue weighted by atomic mass is 127. The highest BCUT2D eigenvalue weighted by Crippen LogP contribution is 2.32. The summed E-state index contributed by atoms with van der Waals surface area (Å²) >= 11 is 1.62. The van der Waals surface area contributed by atoms with Crippen LogP contribution in [-0.4, -0.2) is 0 Å². The SMILES string of the molecule is ClI.c1cc2cc-2c1. The molecule has 0 atom stereocenters. The summed E-state index contributed by atoms with van der Waals surface area (Å²) in [6.45, 7) is 0. The van der Waals surface area contributed by atoms with Gasteiger partial charge in [0.2, 0.25) is 0 Å². The number of halogens is 2. The Morgan fingerprint density at radius 1 is 1.12 bits per heavy atom. The summed E-state index contributed by atoms with van der Waals surface area (Å²) in [6, 6.07) is 8.48. The first-order valence-electron chi connectivity index (χ1n) is 2.21. The second kappa shape index (κ2) is 2.69. The fraction of sp³-hybridized carbons (Fsp3) is 0. The smallest absolute Gasteiger partial charge is 0.0425 e. The third kappa shape index (κ3) is 1.14. The van der Waals surface area contributed by atoms with E-state index in [1.807, 2.05) is 0 Å². The quantitative estimate of drug-likeness (QED) is 0.618. The van der Waals surface area contributed by atoms with Crippen molar-refractivity contribution < 1.29 is 0 Å². The Balaban J connectivity index is 0.000000147. The molecule has 0 saturated heterocycles. The van der Waals surface area contributed by atoms with E-state index in [2.05, 4.69) is 33.2 Å². The van der Waals surface area contributed by atoms with Gasteiger partial charge in [-0.25, -0.2) is 0 Å². The van der Waals surface area contributed by atoms with Gasteiger partial charge in [0.1, 0.15) is 0 Å². The van der Waals surface area contributed by atoms with Gasteiger partial charge in [-0.1, -0.05) is 18.2 Å². The first-order valence-corrected chi connectivity index (χ1v) is 4.95. The average Bonchev–Trinajstić information content (AvgIpc) is 2.46. The third-order valence-electron chi connectivity index (χ3n) is 1.11. The van der Waals surface area contributed by atoms with E-state index < -0.39 is 0 Å². The molecule has 0 aromatic rings. The Morgan fingerprint density at radius 3 is 1.75 bits per heavy atom. The maximum Gasteiger partial charge on any atom is 0.0425 e. The minimum Gasteiger partial charge on any atom is -0.0610 e. The molecule has 2 heteroatoms. The summed E-state index contributed by atoms with van der Waals surface area (Å²) in [5.74, 6) is 0. The van der Waals surface area contributed by atoms with Crippen molar-refractivity contribution in [3.05, 3.63) is 24.3 Å². The lowest BCUT2D eigenvalue weighted by molar-refractivity contribution is 2.01. The van der Waals surface area contributed by atoms with E-state index in [1.165, 1.54) is 11.1 Å². The Bertz CT molecular complexity index is 168. The Hall–Kier alpha value is 0.240. The van der Waals surface area contributed by atoms with Crippen molar-refractivity contribution in [2.75, 3.05) is 0 Å². The fourth-order valence-corrected chi connectivity index (χ4v) is 0.676. The first kappa shape index (κ1) is 6.36. The molecule has 0 nitrogen and oxygen atoms in total. The van der Waals surface area contributed by atoms with Crippen molar-refractivity contribution in [3.63, 3.8) is 0 Å². The Labute approximate surface area is 65.7 Å². The van der Waals surface area contributed by atoms with Crippen molar-refractivity contribution in [1.29, 1.82) is 0 Å². The van der Waals surface area contributed by atoms with Gasteiger partial charge in [-0.3, -0.25) is 0 Å². The summed E-state index contributed by atoms with van der Waals surface area (Å²) in [6.07, 6.45) is 0. The molecule has 0 radical (unpaired) electrons. The van der Waals surface area contributed by atoms with Gasteiger partial charge in [-0.15, -0.1) is 0 Å². The maximum absolute atomic E-state index is 4.61. The third-order valence-corrected chi connectivity index (χ3v) is 1.11. The van der Waals surface area contributed by atoms with Crippen LogP contribution >= 0.6 is 30.4 Å². The lowest BCUT2D eigenvalue weighted by atomic mass is 10.6. The van der Waals surface area contributed by atoms with E-state index >= 15 is 0 Å². The fourth-order valence-electron chi connectivity index (χ4n) is 0.676. The van der Waals surface area contributed by atoms with Gasteiger partial charge in [-0.2, -0.15) is 0 Å². The van der Waals surface area contributed by atoms with Gasteiger partial charge < -0.3 is 0 Å². The van der Waals surface area contributed by atoms with Crippen molar-refractivity contribution in [3.8, 4) is 11.1 Å². The molecule has 0 saturated carbocycles. The standard InChI is InChI=1S/C6H4.ClI/c1-2-5-4-6(5)3-1;1-2/h1-4H;. The predicted molar refractivity (Wildman–Crippen MR) is 45.3 cm³/mol. The van der Waals surface area contributed by atoms with Crippen LogP contribution in [-0.2, 0) is 0 Å². The normalized spacial score (nSPS) is 9.25. The molecule has 8 heavy (non-hydrogen) atoms. The highest BCUT2D eigenvalue weighted by Gasteiger charge is 2.06. The molecule has 2 aliphatic rings. The van der Waals surface area contributed by atoms with E-state index in [0.29, 0.717) is 0 Å². The van der Waals surface area contributed by atoms with Crippen molar-refractivity contribution >= 4 is 30.4 Å². The van der Waals surface area contributed by atoms with Gasteiger partial charge in [0.05, 0.1) is 0 Å². The molecule has 0 bridgehead atoms. The molecule has 0 aliphatic heterocycles. The number of hydrogen-bond acceptors (Lipinski definition) is 0. The predicted octanol–water partition coefficient (Wildman–Crippen LogP) is 3.24. The summed E-state index contributed by atoms with van der Waals surface area (Å²) in [4.78, 5) is 0. The van der Waals surface area contributed by atoms with Gasteiger partial charge >= 0.3 is 0 Å². The molecule has 0 fully saturated rings. The molecular formula is C6H4ClI. The van der Waals surface area contributed by atoms with E-state index in [9.17, 15) is 0 Å². The second-order valence-corrected chi connectivity index (χ2v) is 1.58. The van der Waals surface area contributed by atoms with E-state index in [-0.39, 0.29) is 0 Å². The Kier molecular flexibility index (Phi) is 2.14. The molecule has 0 unspecified atom stereocenters. The monoisotopic (exact) mass is 238 g/mol. The van der Waals surface area contributed by atoms with E-state index in [0.717, 1.165) is 0 Å². The maximum atomic E-state index is 4.61. The number of fused-ring (bicyclic) bond motifs is 1. The van der Waals surface area contributed by atoms with Crippen LogP contribution in [0.3, 0.4) is 0 Å². The lowest BCUT2D eigenvalue weighted by Gasteiger charge is -1.48. The number of rotatable bonds is 0. The molecule has 0 heterocycles. The van der Waals surface area contributed by atoms with Crippen molar-refractivity contribution in [2.24, 2.45) is 0 Å². The van der Waals surface area contributed by atoms with Crippen LogP contribution in [0.15, 0.2) is 24.3 Å². The van der Waals surface area contributed by atoms with Crippen molar-refractivity contribution in [2.45, 2.75) is 0 Å². The van der Waals surface area contributed by atoms with Gasteiger partial charge in [0.15, 0.2) is 0 Å². The molecular weight excluding hydrogens is 234 g/mol. The summed E-state index contributed by atoms with van der Waals surface area (Å²) in [5, 5.41) is 0. The zero-order valence-corrected chi connectivity index (χ0v) is 6.98. The summed E-state index contributed by atoms with van der Waals surface area (Å²) in [7, 11) is 4.61. The van der Waals surface area contributed by atoms with Crippen LogP contribution in [0.25, 0.3) is 11.1 Å². The summed E-state index contributed by atoms with van der Waals surface area (Å²) < 4.78 is 0. The molecule has 0 aromatic carbocycles. The van der Waals surface area contributed by atoms with Gasteiger partial charge in [-0.05, 0) is 26.1 Å². The van der Waals surface area contributed by atoms with E-state index in [1.54, 1.807) is 21.5 Å². The molecule has 0 amide bonds. The van der Waals surface area contributed by atoms with Gasteiger partial charge in [0, 0.05) is 21.5 Å². The summed E-state index contributed by atoms with van der Waals surface area (Å²) in [5.41, 5.74) is 2.85. The topological polar surface area (TPSA) is 0 Å². The van der Waals surface area contributed by atoms with Crippen LogP contribution in [0.1, 0.15) is 0 Å². The first-order chi connectivity index (χ1) is 3.97. The minimum atomic E-state index is 1.43.